The molecule has 1 saturated heterocycles. The maximum atomic E-state index is 11.8. The molecule has 0 aliphatic carbocycles. The third-order valence-corrected chi connectivity index (χ3v) is 4.30. The molecular weight excluding hydrogens is 314 g/mol. The molecule has 1 aromatic rings. The molecule has 1 amide bonds. The number of nitrogens with one attached hydrogen (secondary N) is 1. The number of likely N-dealkylation sites (N-methyl/N-ethyl adjacent to an activating group) is 1. The molecular formula is C17H26ClN3O2. The minimum Gasteiger partial charge on any atom is -0.492 e. The Kier molecular flexibility index (Phi) is 7.65. The number of piperazine rings is 1. The topological polar surface area (TPSA) is 44.8 Å². The highest BCUT2D eigenvalue weighted by Gasteiger charge is 2.13. The van der Waals surface area contributed by atoms with E-state index in [0.29, 0.717) is 36.8 Å². The van der Waals surface area contributed by atoms with E-state index in [0.717, 1.165) is 32.7 Å². The van der Waals surface area contributed by atoms with Gasteiger partial charge in [-0.05, 0) is 25.6 Å². The molecule has 5 nitrogen and oxygen atoms in total. The SMILES string of the molecule is CN1CCN(CCNC(=O)CCCOc2ccccc2Cl)CC1. The van der Waals surface area contributed by atoms with Gasteiger partial charge in [-0.2, -0.15) is 0 Å². The maximum Gasteiger partial charge on any atom is 0.220 e. The van der Waals surface area contributed by atoms with Crippen LogP contribution in [-0.2, 0) is 4.79 Å². The van der Waals surface area contributed by atoms with Gasteiger partial charge < -0.3 is 15.0 Å². The third-order valence-electron chi connectivity index (χ3n) is 3.99. The number of benzene rings is 1. The van der Waals surface area contributed by atoms with Crippen LogP contribution in [0.1, 0.15) is 12.8 Å². The first-order valence-electron chi connectivity index (χ1n) is 8.20. The van der Waals surface area contributed by atoms with Crippen molar-refractivity contribution in [2.45, 2.75) is 12.8 Å². The Morgan fingerprint density at radius 2 is 2.00 bits per heavy atom. The normalized spacial score (nSPS) is 16.3. The Morgan fingerprint density at radius 3 is 2.74 bits per heavy atom. The lowest BCUT2D eigenvalue weighted by molar-refractivity contribution is -0.121. The fourth-order valence-electron chi connectivity index (χ4n) is 2.49. The van der Waals surface area contributed by atoms with Crippen LogP contribution in [0.2, 0.25) is 5.02 Å². The van der Waals surface area contributed by atoms with E-state index in [1.807, 2.05) is 18.2 Å². The standard InChI is InChI=1S/C17H26ClN3O2/c1-20-10-12-21(13-11-20)9-8-19-17(22)7-4-14-23-16-6-3-2-5-15(16)18/h2-3,5-6H,4,7-14H2,1H3,(H,19,22). The van der Waals surface area contributed by atoms with Gasteiger partial charge in [0.05, 0.1) is 11.6 Å². The van der Waals surface area contributed by atoms with Gasteiger partial charge in [0.15, 0.2) is 0 Å². The second-order valence-corrected chi connectivity index (χ2v) is 6.28. The maximum absolute atomic E-state index is 11.8. The molecule has 1 aliphatic rings. The molecule has 0 unspecified atom stereocenters. The van der Waals surface area contributed by atoms with Gasteiger partial charge in [-0.25, -0.2) is 0 Å². The monoisotopic (exact) mass is 339 g/mol. The molecule has 1 N–H and O–H groups in total. The van der Waals surface area contributed by atoms with Crippen molar-refractivity contribution in [1.82, 2.24) is 15.1 Å². The Labute approximate surface area is 143 Å². The first-order valence-corrected chi connectivity index (χ1v) is 8.58. The summed E-state index contributed by atoms with van der Waals surface area (Å²) in [6, 6.07) is 7.37. The van der Waals surface area contributed by atoms with E-state index in [2.05, 4.69) is 22.2 Å². The Morgan fingerprint density at radius 1 is 1.26 bits per heavy atom. The first kappa shape index (κ1) is 18.0. The Balaban J connectivity index is 1.51. The average molecular weight is 340 g/mol. The van der Waals surface area contributed by atoms with Crippen molar-refractivity contribution in [2.24, 2.45) is 0 Å². The summed E-state index contributed by atoms with van der Waals surface area (Å²) in [6.07, 6.45) is 1.17. The van der Waals surface area contributed by atoms with Crippen molar-refractivity contribution >= 4 is 17.5 Å². The van der Waals surface area contributed by atoms with E-state index in [4.69, 9.17) is 16.3 Å². The molecule has 1 heterocycles. The lowest BCUT2D eigenvalue weighted by Crippen LogP contribution is -2.46. The van der Waals surface area contributed by atoms with E-state index in [1.165, 1.54) is 0 Å². The Bertz CT molecular complexity index is 490. The van der Waals surface area contributed by atoms with Crippen LogP contribution in [0.25, 0.3) is 0 Å². The molecule has 6 heteroatoms. The summed E-state index contributed by atoms with van der Waals surface area (Å²) in [7, 11) is 2.14. The van der Waals surface area contributed by atoms with Crippen LogP contribution in [0, 0.1) is 0 Å². The van der Waals surface area contributed by atoms with Crippen LogP contribution in [-0.4, -0.2) is 68.6 Å². The summed E-state index contributed by atoms with van der Waals surface area (Å²) in [5.41, 5.74) is 0. The number of carbonyl (C=O) groups is 1. The molecule has 1 aromatic carbocycles. The molecule has 0 bridgehead atoms. The smallest absolute Gasteiger partial charge is 0.220 e. The van der Waals surface area contributed by atoms with E-state index in [9.17, 15) is 4.79 Å². The molecule has 0 saturated carbocycles. The lowest BCUT2D eigenvalue weighted by Gasteiger charge is -2.32. The fourth-order valence-corrected chi connectivity index (χ4v) is 2.68. The number of para-hydroxylation sites is 1. The van der Waals surface area contributed by atoms with Crippen molar-refractivity contribution in [3.8, 4) is 5.75 Å². The van der Waals surface area contributed by atoms with Crippen molar-refractivity contribution in [3.05, 3.63) is 29.3 Å². The number of rotatable bonds is 8. The second kappa shape index (κ2) is 9.75. The minimum atomic E-state index is 0.0851. The van der Waals surface area contributed by atoms with Gasteiger partial charge in [-0.1, -0.05) is 23.7 Å². The van der Waals surface area contributed by atoms with Gasteiger partial charge in [0.1, 0.15) is 5.75 Å². The summed E-state index contributed by atoms with van der Waals surface area (Å²) < 4.78 is 5.57. The average Bonchev–Trinajstić information content (AvgIpc) is 2.55. The summed E-state index contributed by atoms with van der Waals surface area (Å²) in [5.74, 6) is 0.756. The van der Waals surface area contributed by atoms with Gasteiger partial charge in [0.2, 0.25) is 5.91 Å². The van der Waals surface area contributed by atoms with E-state index in [-0.39, 0.29) is 5.91 Å². The molecule has 0 atom stereocenters. The van der Waals surface area contributed by atoms with Crippen molar-refractivity contribution in [1.29, 1.82) is 0 Å². The van der Waals surface area contributed by atoms with Crippen LogP contribution >= 0.6 is 11.6 Å². The van der Waals surface area contributed by atoms with E-state index >= 15 is 0 Å². The number of ether oxygens (including phenoxy) is 1. The van der Waals surface area contributed by atoms with Crippen LogP contribution < -0.4 is 10.1 Å². The number of hydrogen-bond acceptors (Lipinski definition) is 4. The number of hydrogen-bond donors (Lipinski definition) is 1. The quantitative estimate of drug-likeness (QED) is 0.734. The molecule has 0 radical (unpaired) electrons. The predicted octanol–water partition coefficient (Wildman–Crippen LogP) is 1.86. The first-order chi connectivity index (χ1) is 11.1. The summed E-state index contributed by atoms with van der Waals surface area (Å²) in [5, 5.41) is 3.58. The second-order valence-electron chi connectivity index (χ2n) is 5.88. The highest BCUT2D eigenvalue weighted by Crippen LogP contribution is 2.23. The van der Waals surface area contributed by atoms with Gasteiger partial charge in [0, 0.05) is 45.7 Å². The van der Waals surface area contributed by atoms with Crippen molar-refractivity contribution < 1.29 is 9.53 Å². The van der Waals surface area contributed by atoms with Crippen molar-refractivity contribution in [3.63, 3.8) is 0 Å². The molecule has 1 aliphatic heterocycles. The zero-order valence-corrected chi connectivity index (χ0v) is 14.5. The summed E-state index contributed by atoms with van der Waals surface area (Å²) in [4.78, 5) is 16.5. The highest BCUT2D eigenvalue weighted by atomic mass is 35.5. The lowest BCUT2D eigenvalue weighted by atomic mass is 10.3. The summed E-state index contributed by atoms with van der Waals surface area (Å²) in [6.45, 7) is 6.51. The fraction of sp³-hybridized carbons (Fsp3) is 0.588. The van der Waals surface area contributed by atoms with Gasteiger partial charge in [-0.3, -0.25) is 9.69 Å². The van der Waals surface area contributed by atoms with Crippen LogP contribution in [0.5, 0.6) is 5.75 Å². The van der Waals surface area contributed by atoms with Crippen LogP contribution in [0.3, 0.4) is 0 Å². The Hall–Kier alpha value is -1.30. The molecule has 128 valence electrons. The highest BCUT2D eigenvalue weighted by molar-refractivity contribution is 6.32. The van der Waals surface area contributed by atoms with Gasteiger partial charge >= 0.3 is 0 Å². The minimum absolute atomic E-state index is 0.0851. The zero-order chi connectivity index (χ0) is 16.5. The summed E-state index contributed by atoms with van der Waals surface area (Å²) >= 11 is 6.01. The predicted molar refractivity (Wildman–Crippen MR) is 93.1 cm³/mol. The van der Waals surface area contributed by atoms with E-state index < -0.39 is 0 Å². The third kappa shape index (κ3) is 6.77. The van der Waals surface area contributed by atoms with Gasteiger partial charge in [0.25, 0.3) is 0 Å². The van der Waals surface area contributed by atoms with E-state index in [1.54, 1.807) is 6.07 Å². The molecule has 2 rings (SSSR count). The largest absolute Gasteiger partial charge is 0.492 e. The van der Waals surface area contributed by atoms with Crippen molar-refractivity contribution in [2.75, 3.05) is 52.9 Å². The number of carbonyl (C=O) groups excluding carboxylic acids is 1. The molecule has 23 heavy (non-hydrogen) atoms. The number of amides is 1. The number of halogens is 1. The van der Waals surface area contributed by atoms with Gasteiger partial charge in [-0.15, -0.1) is 0 Å². The molecule has 1 fully saturated rings. The molecule has 0 aromatic heterocycles. The zero-order valence-electron chi connectivity index (χ0n) is 13.8. The number of nitrogens with zero attached hydrogens (tertiary/aromatic N) is 2. The van der Waals surface area contributed by atoms with Crippen LogP contribution in [0.15, 0.2) is 24.3 Å². The molecule has 0 spiro atoms. The van der Waals surface area contributed by atoms with Crippen LogP contribution in [0.4, 0.5) is 0 Å².